The Labute approximate surface area is 159 Å². The summed E-state index contributed by atoms with van der Waals surface area (Å²) in [5, 5.41) is 7.56. The number of pyridine rings is 1. The predicted octanol–water partition coefficient (Wildman–Crippen LogP) is 3.66. The minimum atomic E-state index is 0.310. The van der Waals surface area contributed by atoms with E-state index in [0.717, 1.165) is 42.1 Å². The number of para-hydroxylation sites is 1. The van der Waals surface area contributed by atoms with Gasteiger partial charge in [-0.25, -0.2) is 4.98 Å². The van der Waals surface area contributed by atoms with Crippen LogP contribution in [0.5, 0.6) is 5.75 Å². The molecule has 140 valence electrons. The molecule has 0 radical (unpaired) electrons. The number of nitrogen functional groups attached to an aromatic ring is 1. The molecule has 0 spiro atoms. The molecule has 1 atom stereocenters. The van der Waals surface area contributed by atoms with Gasteiger partial charge >= 0.3 is 0 Å². The fraction of sp³-hybridized carbons (Fsp3) is 0.333. The van der Waals surface area contributed by atoms with Crippen LogP contribution in [0.3, 0.4) is 0 Å². The predicted molar refractivity (Wildman–Crippen MR) is 106 cm³/mol. The summed E-state index contributed by atoms with van der Waals surface area (Å²) in [6, 6.07) is 14.2. The largest absolute Gasteiger partial charge is 0.492 e. The third-order valence-electron chi connectivity index (χ3n) is 5.10. The molecule has 4 rings (SSSR count). The van der Waals surface area contributed by atoms with Crippen molar-refractivity contribution >= 4 is 5.82 Å². The average molecular weight is 363 g/mol. The molecule has 0 aliphatic carbocycles. The van der Waals surface area contributed by atoms with Crippen molar-refractivity contribution < 1.29 is 4.74 Å². The zero-order valence-corrected chi connectivity index (χ0v) is 15.3. The monoisotopic (exact) mass is 363 g/mol. The molecule has 3 N–H and O–H groups in total. The zero-order chi connectivity index (χ0) is 18.5. The summed E-state index contributed by atoms with van der Waals surface area (Å²) in [5.74, 6) is 1.44. The number of piperidine rings is 1. The van der Waals surface area contributed by atoms with Crippen molar-refractivity contribution in [2.75, 3.05) is 25.4 Å². The topological polar surface area (TPSA) is 80.1 Å². The lowest BCUT2D eigenvalue weighted by Gasteiger charge is -2.35. The van der Waals surface area contributed by atoms with E-state index >= 15 is 0 Å². The molecule has 1 saturated heterocycles. The fourth-order valence-corrected chi connectivity index (χ4v) is 3.78. The summed E-state index contributed by atoms with van der Waals surface area (Å²) in [6.45, 7) is 2.63. The highest BCUT2D eigenvalue weighted by molar-refractivity contribution is 5.67. The van der Waals surface area contributed by atoms with Crippen molar-refractivity contribution in [3.63, 3.8) is 0 Å². The van der Waals surface area contributed by atoms with Crippen molar-refractivity contribution in [1.82, 2.24) is 20.1 Å². The number of nitrogens with two attached hydrogens (primary N) is 1. The fourth-order valence-electron chi connectivity index (χ4n) is 3.78. The zero-order valence-electron chi connectivity index (χ0n) is 15.3. The molecule has 3 heterocycles. The van der Waals surface area contributed by atoms with Gasteiger partial charge in [-0.3, -0.25) is 10.00 Å². The van der Waals surface area contributed by atoms with Gasteiger partial charge in [0.2, 0.25) is 0 Å². The minimum absolute atomic E-state index is 0.310. The molecule has 1 aliphatic rings. The van der Waals surface area contributed by atoms with Gasteiger partial charge in [-0.1, -0.05) is 24.6 Å². The molecule has 6 nitrogen and oxygen atoms in total. The van der Waals surface area contributed by atoms with E-state index in [1.54, 1.807) is 6.20 Å². The Morgan fingerprint density at radius 1 is 1.19 bits per heavy atom. The number of aromatic nitrogens is 3. The van der Waals surface area contributed by atoms with E-state index in [4.69, 9.17) is 10.5 Å². The summed E-state index contributed by atoms with van der Waals surface area (Å²) < 4.78 is 5.91. The van der Waals surface area contributed by atoms with Crippen LogP contribution in [0.4, 0.5) is 5.82 Å². The van der Waals surface area contributed by atoms with Gasteiger partial charge in [-0.15, -0.1) is 0 Å². The molecule has 6 heteroatoms. The number of hydrogen-bond acceptors (Lipinski definition) is 5. The number of H-pyrrole nitrogens is 1. The van der Waals surface area contributed by atoms with Crippen LogP contribution in [-0.2, 0) is 0 Å². The van der Waals surface area contributed by atoms with Crippen LogP contribution < -0.4 is 10.5 Å². The summed E-state index contributed by atoms with van der Waals surface area (Å²) in [6.07, 6.45) is 7.18. The number of rotatable bonds is 6. The molecule has 1 aliphatic heterocycles. The van der Waals surface area contributed by atoms with Crippen LogP contribution in [0.1, 0.15) is 31.0 Å². The molecule has 1 aromatic carbocycles. The Hall–Kier alpha value is -2.86. The Bertz CT molecular complexity index is 864. The maximum absolute atomic E-state index is 5.91. The van der Waals surface area contributed by atoms with Gasteiger partial charge in [0, 0.05) is 18.3 Å². The van der Waals surface area contributed by atoms with Gasteiger partial charge in [0.1, 0.15) is 18.2 Å². The Morgan fingerprint density at radius 2 is 2.07 bits per heavy atom. The van der Waals surface area contributed by atoms with Gasteiger partial charge in [0.05, 0.1) is 17.9 Å². The van der Waals surface area contributed by atoms with Crippen LogP contribution in [-0.4, -0.2) is 39.8 Å². The van der Waals surface area contributed by atoms with Crippen molar-refractivity contribution in [3.05, 3.63) is 60.6 Å². The lowest BCUT2D eigenvalue weighted by atomic mass is 9.95. The lowest BCUT2D eigenvalue weighted by Crippen LogP contribution is -2.36. The molecule has 0 amide bonds. The molecule has 1 fully saturated rings. The molecule has 0 saturated carbocycles. The highest BCUT2D eigenvalue weighted by Gasteiger charge is 2.27. The number of nitrogens with one attached hydrogen (secondary N) is 1. The Balaban J connectivity index is 1.49. The van der Waals surface area contributed by atoms with E-state index in [1.807, 2.05) is 48.7 Å². The first-order valence-corrected chi connectivity index (χ1v) is 9.48. The number of aromatic amines is 1. The molecule has 3 aromatic rings. The Kier molecular flexibility index (Phi) is 5.34. The van der Waals surface area contributed by atoms with Gasteiger partial charge in [-0.05, 0) is 49.2 Å². The smallest absolute Gasteiger partial charge is 0.123 e. The lowest BCUT2D eigenvalue weighted by molar-refractivity contribution is 0.121. The van der Waals surface area contributed by atoms with E-state index in [0.29, 0.717) is 18.5 Å². The van der Waals surface area contributed by atoms with Crippen molar-refractivity contribution in [1.29, 1.82) is 0 Å². The van der Waals surface area contributed by atoms with E-state index < -0.39 is 0 Å². The van der Waals surface area contributed by atoms with Crippen molar-refractivity contribution in [2.24, 2.45) is 0 Å². The third kappa shape index (κ3) is 4.11. The summed E-state index contributed by atoms with van der Waals surface area (Å²) in [5.41, 5.74) is 9.18. The maximum atomic E-state index is 5.91. The van der Waals surface area contributed by atoms with E-state index in [-0.39, 0.29) is 0 Å². The maximum Gasteiger partial charge on any atom is 0.123 e. The first-order chi connectivity index (χ1) is 13.3. The van der Waals surface area contributed by atoms with Crippen molar-refractivity contribution in [3.8, 4) is 16.9 Å². The van der Waals surface area contributed by atoms with E-state index in [2.05, 4.69) is 20.1 Å². The molecular formula is C21H25N5O. The second-order valence-electron chi connectivity index (χ2n) is 6.88. The first kappa shape index (κ1) is 17.5. The minimum Gasteiger partial charge on any atom is -0.492 e. The van der Waals surface area contributed by atoms with E-state index in [1.165, 1.54) is 12.8 Å². The third-order valence-corrected chi connectivity index (χ3v) is 5.10. The summed E-state index contributed by atoms with van der Waals surface area (Å²) in [4.78, 5) is 6.59. The highest BCUT2D eigenvalue weighted by Crippen LogP contribution is 2.35. The van der Waals surface area contributed by atoms with Gasteiger partial charge in [0.25, 0.3) is 0 Å². The van der Waals surface area contributed by atoms with Crippen molar-refractivity contribution in [2.45, 2.75) is 25.3 Å². The van der Waals surface area contributed by atoms with Crippen LogP contribution in [0.2, 0.25) is 0 Å². The standard InChI is InChI=1S/C21H25N5O/c22-20-14-16(9-10-23-20)18-15-24-25-21(18)19-8-4-5-11-26(19)12-13-27-17-6-2-1-3-7-17/h1-3,6-7,9-10,14-15,19H,4-5,8,11-13H2,(H2,22,23)(H,24,25). The quantitative estimate of drug-likeness (QED) is 0.699. The summed E-state index contributed by atoms with van der Waals surface area (Å²) in [7, 11) is 0. The van der Waals surface area contributed by atoms with Crippen LogP contribution in [0.25, 0.3) is 11.1 Å². The number of benzene rings is 1. The van der Waals surface area contributed by atoms with E-state index in [9.17, 15) is 0 Å². The highest BCUT2D eigenvalue weighted by atomic mass is 16.5. The second kappa shape index (κ2) is 8.22. The number of ether oxygens (including phenoxy) is 1. The summed E-state index contributed by atoms with van der Waals surface area (Å²) >= 11 is 0. The normalized spacial score (nSPS) is 17.7. The Morgan fingerprint density at radius 3 is 2.93 bits per heavy atom. The molecule has 2 aromatic heterocycles. The molecule has 0 bridgehead atoms. The average Bonchev–Trinajstić information content (AvgIpc) is 3.19. The van der Waals surface area contributed by atoms with Gasteiger partial charge in [-0.2, -0.15) is 5.10 Å². The molecular weight excluding hydrogens is 338 g/mol. The van der Waals surface area contributed by atoms with Gasteiger partial charge < -0.3 is 10.5 Å². The number of nitrogens with zero attached hydrogens (tertiary/aromatic N) is 3. The molecule has 1 unspecified atom stereocenters. The number of hydrogen-bond donors (Lipinski definition) is 2. The SMILES string of the molecule is Nc1cc(-c2cn[nH]c2C2CCCCN2CCOc2ccccc2)ccn1. The number of likely N-dealkylation sites (tertiary alicyclic amines) is 1. The van der Waals surface area contributed by atoms with Gasteiger partial charge in [0.15, 0.2) is 0 Å². The number of anilines is 1. The van der Waals surface area contributed by atoms with Crippen LogP contribution in [0, 0.1) is 0 Å². The first-order valence-electron chi connectivity index (χ1n) is 9.48. The molecule has 27 heavy (non-hydrogen) atoms. The van der Waals surface area contributed by atoms with Crippen LogP contribution in [0.15, 0.2) is 54.9 Å². The second-order valence-corrected chi connectivity index (χ2v) is 6.88. The van der Waals surface area contributed by atoms with Crippen LogP contribution >= 0.6 is 0 Å².